The summed E-state index contributed by atoms with van der Waals surface area (Å²) in [6.07, 6.45) is 1.66. The maximum absolute atomic E-state index is 5.75. The van der Waals surface area contributed by atoms with E-state index in [4.69, 9.17) is 10.5 Å². The number of halogens is 2. The Balaban J connectivity index is 2.16. The molecule has 5 heteroatoms. The number of aromatic nitrogens is 1. The summed E-state index contributed by atoms with van der Waals surface area (Å²) in [6, 6.07) is 9.51. The molecule has 17 heavy (non-hydrogen) atoms. The fourth-order valence-corrected chi connectivity index (χ4v) is 2.57. The van der Waals surface area contributed by atoms with Crippen LogP contribution in [0.4, 0.5) is 5.82 Å². The minimum absolute atomic E-state index is 0.390. The number of nitrogen functional groups attached to an aromatic ring is 1. The molecule has 0 fully saturated rings. The zero-order valence-electron chi connectivity index (χ0n) is 8.86. The minimum atomic E-state index is 0.390. The SMILES string of the molecule is Nc1ncccc1COc1c(Br)cccc1Br. The fourth-order valence-electron chi connectivity index (χ4n) is 1.34. The van der Waals surface area contributed by atoms with E-state index in [0.717, 1.165) is 20.3 Å². The first-order chi connectivity index (χ1) is 8.18. The van der Waals surface area contributed by atoms with Gasteiger partial charge in [-0.05, 0) is 50.1 Å². The van der Waals surface area contributed by atoms with Gasteiger partial charge >= 0.3 is 0 Å². The molecule has 0 radical (unpaired) electrons. The van der Waals surface area contributed by atoms with Gasteiger partial charge in [0.05, 0.1) is 8.95 Å². The van der Waals surface area contributed by atoms with Gasteiger partial charge in [-0.15, -0.1) is 0 Å². The molecule has 1 heterocycles. The Morgan fingerprint density at radius 2 is 1.82 bits per heavy atom. The third-order valence-electron chi connectivity index (χ3n) is 2.22. The van der Waals surface area contributed by atoms with Crippen LogP contribution in [0.3, 0.4) is 0 Å². The van der Waals surface area contributed by atoms with Gasteiger partial charge in [0.2, 0.25) is 0 Å². The topological polar surface area (TPSA) is 48.1 Å². The van der Waals surface area contributed by atoms with Crippen LogP contribution in [0.5, 0.6) is 5.75 Å². The van der Waals surface area contributed by atoms with Crippen molar-refractivity contribution in [1.82, 2.24) is 4.98 Å². The highest BCUT2D eigenvalue weighted by Crippen LogP contribution is 2.33. The normalized spacial score (nSPS) is 10.2. The third-order valence-corrected chi connectivity index (χ3v) is 3.47. The van der Waals surface area contributed by atoms with Crippen LogP contribution in [0.15, 0.2) is 45.5 Å². The number of nitrogens with zero attached hydrogens (tertiary/aromatic N) is 1. The van der Waals surface area contributed by atoms with Gasteiger partial charge < -0.3 is 10.5 Å². The molecule has 0 aliphatic heterocycles. The smallest absolute Gasteiger partial charge is 0.148 e. The summed E-state index contributed by atoms with van der Waals surface area (Å²) < 4.78 is 7.52. The summed E-state index contributed by atoms with van der Waals surface area (Å²) in [4.78, 5) is 4.01. The van der Waals surface area contributed by atoms with E-state index in [2.05, 4.69) is 36.8 Å². The summed E-state index contributed by atoms with van der Waals surface area (Å²) in [6.45, 7) is 0.390. The molecule has 2 N–H and O–H groups in total. The van der Waals surface area contributed by atoms with E-state index < -0.39 is 0 Å². The van der Waals surface area contributed by atoms with E-state index in [1.54, 1.807) is 6.20 Å². The molecule has 0 amide bonds. The standard InChI is InChI=1S/C12H10Br2N2O/c13-9-4-1-5-10(14)11(9)17-7-8-3-2-6-16-12(8)15/h1-6H,7H2,(H2,15,16). The predicted octanol–water partition coefficient (Wildman–Crippen LogP) is 3.77. The zero-order chi connectivity index (χ0) is 12.3. The largest absolute Gasteiger partial charge is 0.486 e. The van der Waals surface area contributed by atoms with E-state index in [9.17, 15) is 0 Å². The van der Waals surface area contributed by atoms with E-state index >= 15 is 0 Å². The van der Waals surface area contributed by atoms with Crippen LogP contribution < -0.4 is 10.5 Å². The molecule has 3 nitrogen and oxygen atoms in total. The fraction of sp³-hybridized carbons (Fsp3) is 0.0833. The molecule has 88 valence electrons. The molecule has 0 saturated heterocycles. The van der Waals surface area contributed by atoms with Crippen molar-refractivity contribution < 1.29 is 4.74 Å². The first kappa shape index (κ1) is 12.4. The van der Waals surface area contributed by atoms with Crippen LogP contribution in [-0.4, -0.2) is 4.98 Å². The Morgan fingerprint density at radius 3 is 2.47 bits per heavy atom. The van der Waals surface area contributed by atoms with Gasteiger partial charge in [-0.2, -0.15) is 0 Å². The van der Waals surface area contributed by atoms with Crippen LogP contribution >= 0.6 is 31.9 Å². The van der Waals surface area contributed by atoms with Crippen molar-refractivity contribution in [3.63, 3.8) is 0 Å². The molecule has 0 bridgehead atoms. The second kappa shape index (κ2) is 5.51. The van der Waals surface area contributed by atoms with Gasteiger partial charge in [0, 0.05) is 11.8 Å². The number of hydrogen-bond acceptors (Lipinski definition) is 3. The maximum Gasteiger partial charge on any atom is 0.148 e. The van der Waals surface area contributed by atoms with Crippen LogP contribution in [0.25, 0.3) is 0 Å². The average molecular weight is 358 g/mol. The van der Waals surface area contributed by atoms with E-state index in [1.807, 2.05) is 30.3 Å². The molecule has 0 unspecified atom stereocenters. The summed E-state index contributed by atoms with van der Waals surface area (Å²) in [5.41, 5.74) is 6.62. The Labute approximate surface area is 116 Å². The van der Waals surface area contributed by atoms with Crippen molar-refractivity contribution >= 4 is 37.7 Å². The van der Waals surface area contributed by atoms with Crippen LogP contribution in [0.2, 0.25) is 0 Å². The first-order valence-electron chi connectivity index (χ1n) is 4.94. The highest BCUT2D eigenvalue weighted by molar-refractivity contribution is 9.11. The molecule has 1 aromatic carbocycles. The molecule has 0 aliphatic rings. The number of nitrogens with two attached hydrogens (primary N) is 1. The average Bonchev–Trinajstić information content (AvgIpc) is 2.30. The number of ether oxygens (including phenoxy) is 1. The lowest BCUT2D eigenvalue weighted by atomic mass is 10.3. The highest BCUT2D eigenvalue weighted by atomic mass is 79.9. The van der Waals surface area contributed by atoms with E-state index in [1.165, 1.54) is 0 Å². The Morgan fingerprint density at radius 1 is 1.12 bits per heavy atom. The molecule has 1 aromatic heterocycles. The second-order valence-corrected chi connectivity index (χ2v) is 5.10. The molecular formula is C12H10Br2N2O. The minimum Gasteiger partial charge on any atom is -0.486 e. The highest BCUT2D eigenvalue weighted by Gasteiger charge is 2.07. The van der Waals surface area contributed by atoms with E-state index in [0.29, 0.717) is 12.4 Å². The van der Waals surface area contributed by atoms with Crippen LogP contribution in [-0.2, 0) is 6.61 Å². The Bertz CT molecular complexity index is 511. The van der Waals surface area contributed by atoms with Gasteiger partial charge in [-0.1, -0.05) is 12.1 Å². The summed E-state index contributed by atoms with van der Waals surface area (Å²) in [5.74, 6) is 1.26. The number of para-hydroxylation sites is 1. The lowest BCUT2D eigenvalue weighted by Gasteiger charge is -2.10. The van der Waals surface area contributed by atoms with Crippen molar-refractivity contribution in [3.8, 4) is 5.75 Å². The zero-order valence-corrected chi connectivity index (χ0v) is 12.0. The molecular weight excluding hydrogens is 348 g/mol. The number of benzene rings is 1. The number of pyridine rings is 1. The van der Waals surface area contributed by atoms with Gasteiger partial charge in [-0.3, -0.25) is 0 Å². The van der Waals surface area contributed by atoms with Crippen molar-refractivity contribution in [2.24, 2.45) is 0 Å². The first-order valence-corrected chi connectivity index (χ1v) is 6.53. The molecule has 0 aliphatic carbocycles. The van der Waals surface area contributed by atoms with Crippen molar-refractivity contribution in [2.75, 3.05) is 5.73 Å². The quantitative estimate of drug-likeness (QED) is 0.909. The molecule has 0 spiro atoms. The number of hydrogen-bond donors (Lipinski definition) is 1. The van der Waals surface area contributed by atoms with Crippen LogP contribution in [0, 0.1) is 0 Å². The maximum atomic E-state index is 5.75. The molecule has 2 aromatic rings. The van der Waals surface area contributed by atoms with Gasteiger partial charge in [0.15, 0.2) is 0 Å². The van der Waals surface area contributed by atoms with Crippen molar-refractivity contribution in [2.45, 2.75) is 6.61 Å². The molecule has 0 saturated carbocycles. The number of rotatable bonds is 3. The van der Waals surface area contributed by atoms with Crippen molar-refractivity contribution in [3.05, 3.63) is 51.0 Å². The lowest BCUT2D eigenvalue weighted by molar-refractivity contribution is 0.302. The molecule has 0 atom stereocenters. The summed E-state index contributed by atoms with van der Waals surface area (Å²) >= 11 is 6.87. The summed E-state index contributed by atoms with van der Waals surface area (Å²) in [7, 11) is 0. The molecule has 2 rings (SSSR count). The third kappa shape index (κ3) is 2.98. The Hall–Kier alpha value is -1.07. The monoisotopic (exact) mass is 356 g/mol. The van der Waals surface area contributed by atoms with Gasteiger partial charge in [0.1, 0.15) is 18.2 Å². The summed E-state index contributed by atoms with van der Waals surface area (Å²) in [5, 5.41) is 0. The van der Waals surface area contributed by atoms with Gasteiger partial charge in [-0.25, -0.2) is 4.98 Å². The number of anilines is 1. The second-order valence-electron chi connectivity index (χ2n) is 3.39. The lowest BCUT2D eigenvalue weighted by Crippen LogP contribution is -2.02. The van der Waals surface area contributed by atoms with Crippen molar-refractivity contribution in [1.29, 1.82) is 0 Å². The van der Waals surface area contributed by atoms with Crippen LogP contribution in [0.1, 0.15) is 5.56 Å². The van der Waals surface area contributed by atoms with E-state index in [-0.39, 0.29) is 0 Å². The van der Waals surface area contributed by atoms with Gasteiger partial charge in [0.25, 0.3) is 0 Å². The predicted molar refractivity (Wildman–Crippen MR) is 74.8 cm³/mol. The Kier molecular flexibility index (Phi) is 4.02.